The van der Waals surface area contributed by atoms with Crippen LogP contribution in [0.2, 0.25) is 0 Å². The van der Waals surface area contributed by atoms with Gasteiger partial charge in [-0.1, -0.05) is 140 Å². The van der Waals surface area contributed by atoms with Crippen molar-refractivity contribution in [1.29, 1.82) is 0 Å². The molecule has 0 fully saturated rings. The van der Waals surface area contributed by atoms with E-state index in [1.165, 1.54) is 77.0 Å². The molecule has 2 heterocycles. The highest BCUT2D eigenvalue weighted by Crippen LogP contribution is 2.52. The van der Waals surface area contributed by atoms with Crippen LogP contribution >= 0.6 is 0 Å². The van der Waals surface area contributed by atoms with Crippen LogP contribution in [-0.2, 0) is 0 Å². The number of rotatable bonds is 6. The lowest BCUT2D eigenvalue weighted by atomic mass is 9.87. The van der Waals surface area contributed by atoms with Crippen LogP contribution < -0.4 is 9.80 Å². The fourth-order valence-corrected chi connectivity index (χ4v) is 9.44. The van der Waals surface area contributed by atoms with Crippen molar-refractivity contribution in [1.82, 2.24) is 4.57 Å². The largest absolute Gasteiger partial charge is 0.310 e. The molecule has 0 unspecified atom stereocenters. The van der Waals surface area contributed by atoms with Crippen LogP contribution in [0.15, 0.2) is 224 Å². The van der Waals surface area contributed by atoms with E-state index >= 15 is 0 Å². The molecule has 0 saturated carbocycles. The highest BCUT2D eigenvalue weighted by atomic mass is 15.2. The minimum atomic E-state index is 1.10. The number of hydrogen-bond acceptors (Lipinski definition) is 2. The molecule has 1 aliphatic rings. The molecule has 0 atom stereocenters. The molecule has 0 N–H and O–H groups in total. The molecule has 1 aliphatic heterocycles. The molecule has 0 aliphatic carbocycles. The third-order valence-corrected chi connectivity index (χ3v) is 12.1. The molecule has 11 aromatic rings. The van der Waals surface area contributed by atoms with E-state index in [0.29, 0.717) is 0 Å². The molecule has 12 rings (SSSR count). The summed E-state index contributed by atoms with van der Waals surface area (Å²) in [5, 5.41) is 7.41. The fraction of sp³-hybridized carbons (Fsp3) is 0. The minimum absolute atomic E-state index is 1.10. The Hall–Kier alpha value is -7.88. The van der Waals surface area contributed by atoms with Crippen molar-refractivity contribution in [3.05, 3.63) is 224 Å². The molecule has 3 heteroatoms. The van der Waals surface area contributed by atoms with Gasteiger partial charge in [0.05, 0.1) is 22.4 Å². The van der Waals surface area contributed by atoms with Crippen molar-refractivity contribution >= 4 is 77.5 Å². The maximum Gasteiger partial charge on any atom is 0.0546 e. The predicted octanol–water partition coefficient (Wildman–Crippen LogP) is 15.7. The third-order valence-electron chi connectivity index (χ3n) is 12.1. The average Bonchev–Trinajstić information content (AvgIpc) is 3.64. The topological polar surface area (TPSA) is 11.4 Å². The van der Waals surface area contributed by atoms with Gasteiger partial charge in [-0.2, -0.15) is 0 Å². The van der Waals surface area contributed by atoms with E-state index in [9.17, 15) is 0 Å². The molecule has 10 aromatic carbocycles. The Labute approximate surface area is 342 Å². The molecule has 0 bridgehead atoms. The van der Waals surface area contributed by atoms with Gasteiger partial charge in [-0.05, 0) is 118 Å². The Morgan fingerprint density at radius 3 is 1.78 bits per heavy atom. The van der Waals surface area contributed by atoms with Crippen molar-refractivity contribution in [3.8, 4) is 27.9 Å². The molecule has 0 radical (unpaired) electrons. The van der Waals surface area contributed by atoms with Crippen LogP contribution in [0.25, 0.3) is 71.3 Å². The second-order valence-electron chi connectivity index (χ2n) is 15.4. The third kappa shape index (κ3) is 5.29. The standard InChI is InChI=1S/C56H37N3/c1-3-16-41(17-4-1)58-53-24-12-10-21-48(53)51-37-45(32-35-54(51)58)57(44-31-26-38-14-7-8-15-40(38)36-44)43-29-27-39(28-30-43)46-33-34-50-47-20-9-11-23-52(47)59(42-18-5-2-6-19-42)55-25-13-22-49(46)56(50)55/h1-37H. The van der Waals surface area contributed by atoms with Gasteiger partial charge in [0.2, 0.25) is 0 Å². The van der Waals surface area contributed by atoms with Crippen LogP contribution in [0, 0.1) is 0 Å². The first-order valence-electron chi connectivity index (χ1n) is 20.3. The maximum absolute atomic E-state index is 2.41. The predicted molar refractivity (Wildman–Crippen MR) is 250 cm³/mol. The van der Waals surface area contributed by atoms with Crippen molar-refractivity contribution in [2.24, 2.45) is 0 Å². The maximum atomic E-state index is 2.41. The van der Waals surface area contributed by atoms with Crippen LogP contribution in [0.1, 0.15) is 0 Å². The van der Waals surface area contributed by atoms with Crippen molar-refractivity contribution in [3.63, 3.8) is 0 Å². The van der Waals surface area contributed by atoms with Crippen molar-refractivity contribution in [2.75, 3.05) is 9.80 Å². The van der Waals surface area contributed by atoms with E-state index in [2.05, 4.69) is 239 Å². The quantitative estimate of drug-likeness (QED) is 0.168. The molecule has 3 nitrogen and oxygen atoms in total. The van der Waals surface area contributed by atoms with Gasteiger partial charge in [-0.25, -0.2) is 0 Å². The summed E-state index contributed by atoms with van der Waals surface area (Å²) in [6.45, 7) is 0. The van der Waals surface area contributed by atoms with Gasteiger partial charge in [0.25, 0.3) is 0 Å². The summed E-state index contributed by atoms with van der Waals surface area (Å²) in [4.78, 5) is 4.81. The summed E-state index contributed by atoms with van der Waals surface area (Å²) in [6, 6.07) is 81.7. The fourth-order valence-electron chi connectivity index (χ4n) is 9.44. The lowest BCUT2D eigenvalue weighted by Gasteiger charge is -2.34. The smallest absolute Gasteiger partial charge is 0.0546 e. The second kappa shape index (κ2) is 13.4. The van der Waals surface area contributed by atoms with E-state index in [-0.39, 0.29) is 0 Å². The number of nitrogens with zero attached hydrogens (tertiary/aromatic N) is 3. The lowest BCUT2D eigenvalue weighted by Crippen LogP contribution is -2.14. The summed E-state index contributed by atoms with van der Waals surface area (Å²) >= 11 is 0. The van der Waals surface area contributed by atoms with Crippen LogP contribution in [-0.4, -0.2) is 4.57 Å². The number of anilines is 6. The van der Waals surface area contributed by atoms with Gasteiger partial charge < -0.3 is 14.4 Å². The molecule has 0 saturated heterocycles. The summed E-state index contributed by atoms with van der Waals surface area (Å²) in [7, 11) is 0. The number of fused-ring (bicyclic) bond motifs is 6. The molecular weight excluding hydrogens is 715 g/mol. The second-order valence-corrected chi connectivity index (χ2v) is 15.4. The van der Waals surface area contributed by atoms with Gasteiger partial charge in [0.1, 0.15) is 0 Å². The zero-order valence-electron chi connectivity index (χ0n) is 32.2. The van der Waals surface area contributed by atoms with E-state index in [1.54, 1.807) is 0 Å². The molecule has 59 heavy (non-hydrogen) atoms. The van der Waals surface area contributed by atoms with E-state index in [0.717, 1.165) is 28.4 Å². The molecule has 1 aromatic heterocycles. The van der Waals surface area contributed by atoms with E-state index in [4.69, 9.17) is 0 Å². The highest BCUT2D eigenvalue weighted by molar-refractivity contribution is 6.17. The summed E-state index contributed by atoms with van der Waals surface area (Å²) < 4.78 is 2.38. The normalized spacial score (nSPS) is 12.0. The van der Waals surface area contributed by atoms with Crippen molar-refractivity contribution in [2.45, 2.75) is 0 Å². The Bertz CT molecular complexity index is 3380. The van der Waals surface area contributed by atoms with Crippen molar-refractivity contribution < 1.29 is 0 Å². The minimum Gasteiger partial charge on any atom is -0.310 e. The first kappa shape index (κ1) is 33.3. The van der Waals surface area contributed by atoms with Gasteiger partial charge in [0, 0.05) is 50.2 Å². The molecule has 0 spiro atoms. The Morgan fingerprint density at radius 2 is 0.932 bits per heavy atom. The first-order valence-corrected chi connectivity index (χ1v) is 20.3. The van der Waals surface area contributed by atoms with Crippen LogP contribution in [0.5, 0.6) is 0 Å². The molecule has 0 amide bonds. The van der Waals surface area contributed by atoms with Crippen LogP contribution in [0.4, 0.5) is 34.1 Å². The van der Waals surface area contributed by atoms with Crippen LogP contribution in [0.3, 0.4) is 0 Å². The summed E-state index contributed by atoms with van der Waals surface area (Å²) in [5.74, 6) is 0. The zero-order chi connectivity index (χ0) is 38.9. The highest BCUT2D eigenvalue weighted by Gasteiger charge is 2.27. The first-order chi connectivity index (χ1) is 29.3. The number of hydrogen-bond donors (Lipinski definition) is 0. The Balaban J connectivity index is 1.01. The van der Waals surface area contributed by atoms with Gasteiger partial charge in [-0.15, -0.1) is 0 Å². The zero-order valence-corrected chi connectivity index (χ0v) is 32.2. The van der Waals surface area contributed by atoms with Gasteiger partial charge in [0.15, 0.2) is 0 Å². The lowest BCUT2D eigenvalue weighted by molar-refractivity contribution is 1.18. The van der Waals surface area contributed by atoms with Gasteiger partial charge in [-0.3, -0.25) is 0 Å². The monoisotopic (exact) mass is 751 g/mol. The number of benzene rings is 10. The summed E-state index contributed by atoms with van der Waals surface area (Å²) in [5.41, 5.74) is 15.3. The Morgan fingerprint density at radius 1 is 0.322 bits per heavy atom. The SMILES string of the molecule is c1ccc(N2c3ccccc3-c3ccc(-c4ccc(N(c5ccc6ccccc6c5)c5ccc6c(c5)c5ccccc5n6-c5ccccc5)cc4)c4cccc2c34)cc1. The average molecular weight is 752 g/mol. The number of aromatic nitrogens is 1. The number of para-hydroxylation sites is 4. The van der Waals surface area contributed by atoms with E-state index in [1.807, 2.05) is 0 Å². The van der Waals surface area contributed by atoms with E-state index < -0.39 is 0 Å². The Kier molecular flexibility index (Phi) is 7.54. The van der Waals surface area contributed by atoms with Gasteiger partial charge >= 0.3 is 0 Å². The summed E-state index contributed by atoms with van der Waals surface area (Å²) in [6.07, 6.45) is 0. The molecule has 276 valence electrons. The molecular formula is C56H37N3.